The molecule has 3 nitrogen and oxygen atoms in total. The van der Waals surface area contributed by atoms with E-state index < -0.39 is 0 Å². The molecule has 118 valence electrons. The van der Waals surface area contributed by atoms with Crippen LogP contribution in [-0.2, 0) is 11.3 Å². The monoisotopic (exact) mass is 317 g/mol. The zero-order chi connectivity index (χ0) is 15.9. The second-order valence-corrected chi connectivity index (χ2v) is 6.90. The van der Waals surface area contributed by atoms with Crippen molar-refractivity contribution in [3.05, 3.63) is 52.2 Å². The quantitative estimate of drug-likeness (QED) is 0.809. The maximum Gasteiger partial charge on any atom is 0.279 e. The molecule has 0 fully saturated rings. The third-order valence-corrected chi connectivity index (χ3v) is 4.77. The topological polar surface area (TPSA) is 33.5 Å². The lowest BCUT2D eigenvalue weighted by Gasteiger charge is -2.13. The molecule has 0 aliphatic rings. The first kappa shape index (κ1) is 16.7. The Bertz CT molecular complexity index is 578. The van der Waals surface area contributed by atoms with Crippen molar-refractivity contribution in [1.29, 1.82) is 0 Å². The van der Waals surface area contributed by atoms with Crippen LogP contribution in [0.2, 0.25) is 0 Å². The van der Waals surface area contributed by atoms with Crippen LogP contribution in [0.15, 0.2) is 41.8 Å². The summed E-state index contributed by atoms with van der Waals surface area (Å²) in [6.07, 6.45) is 1.13. The van der Waals surface area contributed by atoms with E-state index in [0.717, 1.165) is 18.7 Å². The zero-order valence-electron chi connectivity index (χ0n) is 13.6. The number of rotatable bonds is 7. The predicted octanol–water partition coefficient (Wildman–Crippen LogP) is 2.92. The first-order valence-electron chi connectivity index (χ1n) is 7.82. The van der Waals surface area contributed by atoms with Gasteiger partial charge in [0.25, 0.3) is 5.91 Å². The first-order valence-corrected chi connectivity index (χ1v) is 8.70. The molecule has 1 aromatic heterocycles. The van der Waals surface area contributed by atoms with E-state index in [4.69, 9.17) is 0 Å². The van der Waals surface area contributed by atoms with E-state index in [0.29, 0.717) is 12.5 Å². The van der Waals surface area contributed by atoms with Crippen molar-refractivity contribution in [2.45, 2.75) is 32.7 Å². The summed E-state index contributed by atoms with van der Waals surface area (Å²) in [4.78, 5) is 14.6. The van der Waals surface area contributed by atoms with Crippen LogP contribution >= 0.6 is 11.3 Å². The predicted molar refractivity (Wildman–Crippen MR) is 93.6 cm³/mol. The van der Waals surface area contributed by atoms with Gasteiger partial charge in [0.15, 0.2) is 6.54 Å². The van der Waals surface area contributed by atoms with Crippen LogP contribution in [0.1, 0.15) is 36.6 Å². The average Bonchev–Trinajstić information content (AvgIpc) is 2.99. The normalized spacial score (nSPS) is 13.6. The molecule has 0 aliphatic carbocycles. The van der Waals surface area contributed by atoms with Crippen LogP contribution in [0.3, 0.4) is 0 Å². The first-order chi connectivity index (χ1) is 10.6. The van der Waals surface area contributed by atoms with Gasteiger partial charge in [-0.2, -0.15) is 0 Å². The van der Waals surface area contributed by atoms with Crippen LogP contribution in [0.4, 0.5) is 5.69 Å². The van der Waals surface area contributed by atoms with Crippen LogP contribution in [0.5, 0.6) is 0 Å². The molecular formula is C18H25N2OS+. The number of carbonyl (C=O) groups excluding carboxylic acids is 1. The zero-order valence-corrected chi connectivity index (χ0v) is 14.4. The van der Waals surface area contributed by atoms with E-state index in [9.17, 15) is 4.79 Å². The van der Waals surface area contributed by atoms with Crippen molar-refractivity contribution in [2.24, 2.45) is 0 Å². The third kappa shape index (κ3) is 4.97. The fourth-order valence-corrected chi connectivity index (χ4v) is 3.20. The summed E-state index contributed by atoms with van der Waals surface area (Å²) in [5.74, 6) is 0.622. The van der Waals surface area contributed by atoms with Crippen LogP contribution in [0, 0.1) is 0 Å². The second kappa shape index (κ2) is 8.11. The average molecular weight is 317 g/mol. The molecule has 1 aromatic carbocycles. The molecule has 1 amide bonds. The van der Waals surface area contributed by atoms with Crippen LogP contribution < -0.4 is 10.2 Å². The molecule has 4 heteroatoms. The van der Waals surface area contributed by atoms with Crippen molar-refractivity contribution in [3.63, 3.8) is 0 Å². The Hall–Kier alpha value is -1.65. The summed E-state index contributed by atoms with van der Waals surface area (Å²) in [6.45, 7) is 5.77. The number of carbonyl (C=O) groups is 1. The molecule has 22 heavy (non-hydrogen) atoms. The molecule has 0 spiro atoms. The molecular weight excluding hydrogens is 292 g/mol. The highest BCUT2D eigenvalue weighted by molar-refractivity contribution is 7.09. The maximum absolute atomic E-state index is 12.1. The number of hydrogen-bond acceptors (Lipinski definition) is 2. The fraction of sp³-hybridized carbons (Fsp3) is 0.389. The number of likely N-dealkylation sites (N-methyl/N-ethyl adjacent to an activating group) is 1. The van der Waals surface area contributed by atoms with Gasteiger partial charge in [0.05, 0.1) is 11.9 Å². The van der Waals surface area contributed by atoms with Gasteiger partial charge in [0.1, 0.15) is 6.54 Å². The summed E-state index contributed by atoms with van der Waals surface area (Å²) in [5, 5.41) is 5.05. The van der Waals surface area contributed by atoms with Crippen LogP contribution in [-0.4, -0.2) is 19.5 Å². The Morgan fingerprint density at radius 1 is 1.27 bits per heavy atom. The minimum Gasteiger partial charge on any atom is -0.325 e. The second-order valence-electron chi connectivity index (χ2n) is 5.87. The number of hydrogen-bond donors (Lipinski definition) is 2. The molecule has 2 aromatic rings. The number of amides is 1. The van der Waals surface area contributed by atoms with Gasteiger partial charge in [-0.3, -0.25) is 4.79 Å². The smallest absolute Gasteiger partial charge is 0.279 e. The van der Waals surface area contributed by atoms with Gasteiger partial charge in [-0.15, -0.1) is 11.3 Å². The molecule has 0 bridgehead atoms. The Kier molecular flexibility index (Phi) is 6.16. The molecule has 2 rings (SSSR count). The van der Waals surface area contributed by atoms with Crippen molar-refractivity contribution >= 4 is 22.9 Å². The Morgan fingerprint density at radius 3 is 2.59 bits per heavy atom. The minimum absolute atomic E-state index is 0.0605. The third-order valence-electron chi connectivity index (χ3n) is 3.89. The van der Waals surface area contributed by atoms with Crippen molar-refractivity contribution in [1.82, 2.24) is 0 Å². The lowest BCUT2D eigenvalue weighted by Crippen LogP contribution is -3.08. The summed E-state index contributed by atoms with van der Waals surface area (Å²) in [5.41, 5.74) is 2.20. The molecule has 2 N–H and O–H groups in total. The lowest BCUT2D eigenvalue weighted by molar-refractivity contribution is -0.884. The maximum atomic E-state index is 12.1. The standard InChI is InChI=1S/C18H24N2OS/c1-4-14(2)15-7-9-16(10-8-15)19-18(21)13-20(3)12-17-6-5-11-22-17/h5-11,14H,4,12-13H2,1-3H3,(H,19,21)/p+1/t14-/m0/s1. The van der Waals surface area contributed by atoms with Crippen LogP contribution in [0.25, 0.3) is 0 Å². The number of nitrogens with one attached hydrogen (secondary N) is 2. The van der Waals surface area contributed by atoms with E-state index in [-0.39, 0.29) is 5.91 Å². The van der Waals surface area contributed by atoms with Crippen molar-refractivity contribution in [2.75, 3.05) is 18.9 Å². The van der Waals surface area contributed by atoms with Gasteiger partial charge in [-0.1, -0.05) is 32.0 Å². The van der Waals surface area contributed by atoms with Gasteiger partial charge in [-0.05, 0) is 41.5 Å². The van der Waals surface area contributed by atoms with E-state index in [1.807, 2.05) is 25.2 Å². The molecule has 0 saturated heterocycles. The van der Waals surface area contributed by atoms with Gasteiger partial charge >= 0.3 is 0 Å². The molecule has 0 aliphatic heterocycles. The van der Waals surface area contributed by atoms with E-state index in [1.54, 1.807) is 11.3 Å². The van der Waals surface area contributed by atoms with E-state index >= 15 is 0 Å². The van der Waals surface area contributed by atoms with Crippen molar-refractivity contribution < 1.29 is 9.69 Å². The lowest BCUT2D eigenvalue weighted by atomic mass is 9.99. The summed E-state index contributed by atoms with van der Waals surface area (Å²) >= 11 is 1.74. The molecule has 0 saturated carbocycles. The summed E-state index contributed by atoms with van der Waals surface area (Å²) < 4.78 is 0. The largest absolute Gasteiger partial charge is 0.325 e. The van der Waals surface area contributed by atoms with E-state index in [2.05, 4.69) is 42.7 Å². The number of anilines is 1. The Balaban J connectivity index is 1.83. The molecule has 0 radical (unpaired) electrons. The molecule has 1 unspecified atom stereocenters. The number of benzene rings is 1. The summed E-state index contributed by atoms with van der Waals surface area (Å²) in [6, 6.07) is 12.4. The fourth-order valence-electron chi connectivity index (χ4n) is 2.38. The molecule has 2 atom stereocenters. The van der Waals surface area contributed by atoms with Crippen molar-refractivity contribution in [3.8, 4) is 0 Å². The Labute approximate surface area is 137 Å². The number of quaternary nitrogens is 1. The van der Waals surface area contributed by atoms with Gasteiger partial charge in [-0.25, -0.2) is 0 Å². The molecule has 1 heterocycles. The highest BCUT2D eigenvalue weighted by Crippen LogP contribution is 2.20. The van der Waals surface area contributed by atoms with Gasteiger partial charge < -0.3 is 10.2 Å². The van der Waals surface area contributed by atoms with Gasteiger partial charge in [0.2, 0.25) is 0 Å². The summed E-state index contributed by atoms with van der Waals surface area (Å²) in [7, 11) is 2.05. The van der Waals surface area contributed by atoms with Gasteiger partial charge in [0, 0.05) is 5.69 Å². The Morgan fingerprint density at radius 2 is 2.00 bits per heavy atom. The minimum atomic E-state index is 0.0605. The number of thiophene rings is 1. The SMILES string of the molecule is CC[C@H](C)c1ccc(NC(=O)C[NH+](C)Cc2cccs2)cc1. The highest BCUT2D eigenvalue weighted by atomic mass is 32.1. The van der Waals surface area contributed by atoms with E-state index in [1.165, 1.54) is 15.3 Å². The highest BCUT2D eigenvalue weighted by Gasteiger charge is 2.11.